The molecule has 0 bridgehead atoms. The lowest BCUT2D eigenvalue weighted by Crippen LogP contribution is -2.16. The number of aryl methyl sites for hydroxylation is 1. The smallest absolute Gasteiger partial charge is 0.286 e. The van der Waals surface area contributed by atoms with Crippen molar-refractivity contribution in [2.75, 3.05) is 12.4 Å². The zero-order chi connectivity index (χ0) is 21.8. The van der Waals surface area contributed by atoms with Gasteiger partial charge in [0, 0.05) is 12.6 Å². The fraction of sp³-hybridized carbons (Fsp3) is 0.143. The Morgan fingerprint density at radius 2 is 2.13 bits per heavy atom. The van der Waals surface area contributed by atoms with Crippen molar-refractivity contribution in [3.8, 4) is 28.8 Å². The van der Waals surface area contributed by atoms with Gasteiger partial charge in [-0.2, -0.15) is 15.5 Å². The van der Waals surface area contributed by atoms with Crippen LogP contribution in [0.5, 0.6) is 0 Å². The molecule has 0 aliphatic carbocycles. The molecule has 10 heteroatoms. The molecule has 4 rings (SSSR count). The first kappa shape index (κ1) is 19.8. The van der Waals surface area contributed by atoms with E-state index in [1.165, 1.54) is 0 Å². The molecule has 0 saturated carbocycles. The molecule has 1 amide bonds. The van der Waals surface area contributed by atoms with E-state index in [0.29, 0.717) is 40.9 Å². The van der Waals surface area contributed by atoms with Crippen LogP contribution in [0.25, 0.3) is 22.7 Å². The zero-order valence-corrected chi connectivity index (χ0v) is 16.8. The van der Waals surface area contributed by atoms with Crippen LogP contribution in [0.2, 0.25) is 0 Å². The molecule has 3 aromatic heterocycles. The number of benzene rings is 1. The first-order valence-corrected chi connectivity index (χ1v) is 9.38. The third-order valence-corrected chi connectivity index (χ3v) is 4.57. The Bertz CT molecular complexity index is 1280. The van der Waals surface area contributed by atoms with Crippen LogP contribution in [0.3, 0.4) is 0 Å². The molecule has 0 fully saturated rings. The van der Waals surface area contributed by atoms with Crippen molar-refractivity contribution in [2.45, 2.75) is 13.5 Å². The van der Waals surface area contributed by atoms with Gasteiger partial charge in [0.25, 0.3) is 5.91 Å². The molecule has 10 nitrogen and oxygen atoms in total. The summed E-state index contributed by atoms with van der Waals surface area (Å²) in [7, 11) is 1.54. The van der Waals surface area contributed by atoms with Crippen molar-refractivity contribution >= 4 is 11.9 Å². The molecular weight excluding hydrogens is 396 g/mol. The summed E-state index contributed by atoms with van der Waals surface area (Å²) in [5, 5.41) is 29.8. The fourth-order valence-electron chi connectivity index (χ4n) is 3.01. The molecule has 0 atom stereocenters. The Labute approximate surface area is 177 Å². The largest absolute Gasteiger partial charge is 0.449 e. The van der Waals surface area contributed by atoms with Gasteiger partial charge in [0.15, 0.2) is 11.5 Å². The highest BCUT2D eigenvalue weighted by Gasteiger charge is 2.13. The summed E-state index contributed by atoms with van der Waals surface area (Å²) in [4.78, 5) is 16.1. The first-order chi connectivity index (χ1) is 15.1. The van der Waals surface area contributed by atoms with Crippen molar-refractivity contribution in [3.05, 3.63) is 65.2 Å². The highest BCUT2D eigenvalue weighted by molar-refractivity contribution is 5.91. The van der Waals surface area contributed by atoms with Crippen LogP contribution in [-0.2, 0) is 6.54 Å². The minimum Gasteiger partial charge on any atom is -0.449 e. The van der Waals surface area contributed by atoms with E-state index in [4.69, 9.17) is 9.68 Å². The zero-order valence-electron chi connectivity index (χ0n) is 16.8. The van der Waals surface area contributed by atoms with E-state index in [1.54, 1.807) is 37.5 Å². The minimum atomic E-state index is -0.297. The summed E-state index contributed by atoms with van der Waals surface area (Å²) in [5.41, 5.74) is 4.40. The second kappa shape index (κ2) is 8.46. The van der Waals surface area contributed by atoms with Crippen molar-refractivity contribution < 1.29 is 9.21 Å². The topological polar surface area (TPSA) is 145 Å². The van der Waals surface area contributed by atoms with Gasteiger partial charge in [-0.1, -0.05) is 6.07 Å². The molecule has 0 aliphatic rings. The molecule has 154 valence electrons. The van der Waals surface area contributed by atoms with Gasteiger partial charge in [0.1, 0.15) is 5.69 Å². The van der Waals surface area contributed by atoms with Crippen LogP contribution in [-0.4, -0.2) is 38.3 Å². The number of amides is 1. The van der Waals surface area contributed by atoms with Crippen LogP contribution in [0.15, 0.2) is 47.0 Å². The van der Waals surface area contributed by atoms with Gasteiger partial charge in [0.05, 0.1) is 35.8 Å². The van der Waals surface area contributed by atoms with Crippen molar-refractivity contribution in [1.29, 1.82) is 5.26 Å². The molecule has 0 saturated heterocycles. The standard InChI is InChI=1S/C21H18N8O2/c1-12-7-13(9-22)3-4-15(12)17-11-25-29-21(26-17)24-10-14-8-16(28-27-14)18-5-6-19(31-18)20(30)23-2/h3-8,11H,10H2,1-2H3,(H,23,30)(H,27,28)(H,24,26,29). The van der Waals surface area contributed by atoms with E-state index in [1.807, 2.05) is 19.1 Å². The van der Waals surface area contributed by atoms with Gasteiger partial charge >= 0.3 is 0 Å². The van der Waals surface area contributed by atoms with Crippen LogP contribution >= 0.6 is 0 Å². The Hall–Kier alpha value is -4.52. The van der Waals surface area contributed by atoms with E-state index >= 15 is 0 Å². The Kier molecular flexibility index (Phi) is 5.40. The maximum Gasteiger partial charge on any atom is 0.286 e. The number of carbonyl (C=O) groups is 1. The second-order valence-corrected chi connectivity index (χ2v) is 6.68. The van der Waals surface area contributed by atoms with Crippen molar-refractivity contribution in [1.82, 2.24) is 30.7 Å². The lowest BCUT2D eigenvalue weighted by molar-refractivity contribution is 0.0936. The number of aromatic amines is 1. The summed E-state index contributed by atoms with van der Waals surface area (Å²) in [5.74, 6) is 0.787. The quantitative estimate of drug-likeness (QED) is 0.436. The number of nitriles is 1. The highest BCUT2D eigenvalue weighted by atomic mass is 16.4. The summed E-state index contributed by atoms with van der Waals surface area (Å²) < 4.78 is 5.53. The minimum absolute atomic E-state index is 0.223. The van der Waals surface area contributed by atoms with Gasteiger partial charge in [-0.25, -0.2) is 4.98 Å². The monoisotopic (exact) mass is 414 g/mol. The normalized spacial score (nSPS) is 10.5. The SMILES string of the molecule is CNC(=O)c1ccc(-c2cc(CNc3nncc(-c4ccc(C#N)cc4C)n3)n[nH]2)o1. The molecular formula is C21H18N8O2. The van der Waals surface area contributed by atoms with E-state index in [9.17, 15) is 4.79 Å². The van der Waals surface area contributed by atoms with Gasteiger partial charge in [-0.05, 0) is 42.8 Å². The van der Waals surface area contributed by atoms with Crippen molar-refractivity contribution in [3.63, 3.8) is 0 Å². The number of anilines is 1. The number of aromatic nitrogens is 5. The first-order valence-electron chi connectivity index (χ1n) is 9.38. The van der Waals surface area contributed by atoms with Crippen LogP contribution in [0, 0.1) is 18.3 Å². The molecule has 1 aromatic carbocycles. The maximum atomic E-state index is 11.6. The molecule has 0 spiro atoms. The second-order valence-electron chi connectivity index (χ2n) is 6.68. The summed E-state index contributed by atoms with van der Waals surface area (Å²) in [6.07, 6.45) is 1.58. The molecule has 3 heterocycles. The number of nitrogens with one attached hydrogen (secondary N) is 3. The van der Waals surface area contributed by atoms with E-state index < -0.39 is 0 Å². The number of carbonyl (C=O) groups excluding carboxylic acids is 1. The molecule has 3 N–H and O–H groups in total. The average Bonchev–Trinajstić information content (AvgIpc) is 3.47. The molecule has 0 aliphatic heterocycles. The van der Waals surface area contributed by atoms with Crippen LogP contribution in [0.1, 0.15) is 27.4 Å². The number of rotatable bonds is 6. The van der Waals surface area contributed by atoms with E-state index in [0.717, 1.165) is 11.1 Å². The average molecular weight is 414 g/mol. The van der Waals surface area contributed by atoms with Crippen LogP contribution in [0.4, 0.5) is 5.95 Å². The molecule has 0 unspecified atom stereocenters. The summed E-state index contributed by atoms with van der Waals surface area (Å²) >= 11 is 0. The Morgan fingerprint density at radius 1 is 1.26 bits per heavy atom. The number of H-pyrrole nitrogens is 1. The third-order valence-electron chi connectivity index (χ3n) is 4.57. The van der Waals surface area contributed by atoms with E-state index in [2.05, 4.69) is 42.1 Å². The number of furan rings is 1. The maximum absolute atomic E-state index is 11.6. The Morgan fingerprint density at radius 3 is 2.90 bits per heavy atom. The molecule has 4 aromatic rings. The summed E-state index contributed by atoms with van der Waals surface area (Å²) in [6.45, 7) is 2.28. The van der Waals surface area contributed by atoms with Crippen molar-refractivity contribution in [2.24, 2.45) is 0 Å². The fourth-order valence-corrected chi connectivity index (χ4v) is 3.01. The number of hydrogen-bond donors (Lipinski definition) is 3. The molecule has 31 heavy (non-hydrogen) atoms. The van der Waals surface area contributed by atoms with E-state index in [-0.39, 0.29) is 11.7 Å². The Balaban J connectivity index is 1.46. The lowest BCUT2D eigenvalue weighted by atomic mass is 10.0. The predicted octanol–water partition coefficient (Wildman–Crippen LogP) is 2.67. The molecule has 0 radical (unpaired) electrons. The van der Waals surface area contributed by atoms with Gasteiger partial charge < -0.3 is 15.1 Å². The highest BCUT2D eigenvalue weighted by Crippen LogP contribution is 2.23. The lowest BCUT2D eigenvalue weighted by Gasteiger charge is -2.07. The number of nitrogens with zero attached hydrogens (tertiary/aromatic N) is 5. The van der Waals surface area contributed by atoms with Crippen LogP contribution < -0.4 is 10.6 Å². The van der Waals surface area contributed by atoms with Gasteiger partial charge in [0.2, 0.25) is 5.95 Å². The van der Waals surface area contributed by atoms with Gasteiger partial charge in [-0.15, -0.1) is 5.10 Å². The number of hydrogen-bond acceptors (Lipinski definition) is 8. The third kappa shape index (κ3) is 4.25. The van der Waals surface area contributed by atoms with Gasteiger partial charge in [-0.3, -0.25) is 9.89 Å². The summed E-state index contributed by atoms with van der Waals surface area (Å²) in [6, 6.07) is 12.6. The predicted molar refractivity (Wildman–Crippen MR) is 112 cm³/mol.